The monoisotopic (exact) mass is 315 g/mol. The number of halogens is 2. The minimum atomic E-state index is -1.01. The van der Waals surface area contributed by atoms with Crippen LogP contribution in [-0.4, -0.2) is 23.0 Å². The Morgan fingerprint density at radius 2 is 2.15 bits per heavy atom. The van der Waals surface area contributed by atoms with Gasteiger partial charge in [-0.05, 0) is 30.4 Å². The molecule has 1 aliphatic carbocycles. The van der Waals surface area contributed by atoms with E-state index in [0.717, 1.165) is 5.56 Å². The van der Waals surface area contributed by atoms with E-state index in [1.54, 1.807) is 19.1 Å². The fourth-order valence-electron chi connectivity index (χ4n) is 2.25. The van der Waals surface area contributed by atoms with Gasteiger partial charge in [0.25, 0.3) is 0 Å². The van der Waals surface area contributed by atoms with E-state index in [1.807, 2.05) is 6.07 Å². The fraction of sp³-hybridized carbons (Fsp3) is 0.429. The van der Waals surface area contributed by atoms with Crippen molar-refractivity contribution in [2.45, 2.75) is 31.7 Å². The number of rotatable bonds is 5. The first-order valence-electron chi connectivity index (χ1n) is 6.42. The Kier molecular flexibility index (Phi) is 4.55. The lowest BCUT2D eigenvalue weighted by atomic mass is 10.1. The van der Waals surface area contributed by atoms with Gasteiger partial charge in [0.05, 0.1) is 10.0 Å². The van der Waals surface area contributed by atoms with Crippen LogP contribution in [0.25, 0.3) is 0 Å². The molecular weight excluding hydrogens is 301 g/mol. The zero-order valence-electron chi connectivity index (χ0n) is 10.9. The molecule has 1 fully saturated rings. The Morgan fingerprint density at radius 1 is 1.45 bits per heavy atom. The maximum atomic E-state index is 12.0. The average Bonchev–Trinajstić information content (AvgIpc) is 3.18. The summed E-state index contributed by atoms with van der Waals surface area (Å²) in [4.78, 5) is 22.9. The molecule has 108 valence electrons. The van der Waals surface area contributed by atoms with Crippen LogP contribution < -0.4 is 5.32 Å². The molecule has 1 aromatic carbocycles. The van der Waals surface area contributed by atoms with Gasteiger partial charge in [0.1, 0.15) is 6.04 Å². The second-order valence-electron chi connectivity index (χ2n) is 4.90. The topological polar surface area (TPSA) is 66.4 Å². The Balaban J connectivity index is 2.02. The van der Waals surface area contributed by atoms with Gasteiger partial charge in [-0.25, -0.2) is 4.79 Å². The number of amides is 1. The number of carboxylic acids is 1. The molecule has 1 aromatic rings. The quantitative estimate of drug-likeness (QED) is 0.877. The molecule has 20 heavy (non-hydrogen) atoms. The molecule has 0 saturated heterocycles. The van der Waals surface area contributed by atoms with Crippen molar-refractivity contribution >= 4 is 35.1 Å². The van der Waals surface area contributed by atoms with Crippen molar-refractivity contribution in [3.63, 3.8) is 0 Å². The van der Waals surface area contributed by atoms with Crippen molar-refractivity contribution in [3.05, 3.63) is 33.8 Å². The largest absolute Gasteiger partial charge is 0.480 e. The van der Waals surface area contributed by atoms with E-state index in [2.05, 4.69) is 5.32 Å². The molecule has 0 spiro atoms. The molecule has 1 saturated carbocycles. The van der Waals surface area contributed by atoms with Crippen molar-refractivity contribution in [1.29, 1.82) is 0 Å². The summed E-state index contributed by atoms with van der Waals surface area (Å²) in [6, 6.07) is 4.50. The van der Waals surface area contributed by atoms with Gasteiger partial charge in [-0.15, -0.1) is 0 Å². The molecule has 0 aromatic heterocycles. The van der Waals surface area contributed by atoms with E-state index in [4.69, 9.17) is 28.3 Å². The van der Waals surface area contributed by atoms with Gasteiger partial charge < -0.3 is 10.4 Å². The lowest BCUT2D eigenvalue weighted by Crippen LogP contribution is -2.41. The summed E-state index contributed by atoms with van der Waals surface area (Å²) in [5.74, 6) is -1.45. The van der Waals surface area contributed by atoms with Gasteiger partial charge in [-0.2, -0.15) is 0 Å². The van der Waals surface area contributed by atoms with Crippen molar-refractivity contribution in [2.24, 2.45) is 5.92 Å². The first-order chi connectivity index (χ1) is 9.45. The molecule has 2 N–H and O–H groups in total. The minimum absolute atomic E-state index is 0.0208. The number of aliphatic carboxylic acids is 1. The second kappa shape index (κ2) is 6.02. The highest BCUT2D eigenvalue weighted by Crippen LogP contribution is 2.50. The van der Waals surface area contributed by atoms with Crippen LogP contribution >= 0.6 is 23.2 Å². The number of carbonyl (C=O) groups excluding carboxylic acids is 1. The van der Waals surface area contributed by atoms with Crippen molar-refractivity contribution < 1.29 is 14.7 Å². The second-order valence-corrected chi connectivity index (χ2v) is 5.68. The molecule has 1 aliphatic rings. The zero-order chi connectivity index (χ0) is 14.9. The molecule has 1 amide bonds. The van der Waals surface area contributed by atoms with Crippen LogP contribution in [0.1, 0.15) is 31.2 Å². The van der Waals surface area contributed by atoms with Crippen LogP contribution in [0.15, 0.2) is 18.2 Å². The van der Waals surface area contributed by atoms with Crippen LogP contribution in [0.2, 0.25) is 10.0 Å². The first kappa shape index (κ1) is 15.1. The summed E-state index contributed by atoms with van der Waals surface area (Å²) >= 11 is 12.1. The minimum Gasteiger partial charge on any atom is -0.480 e. The summed E-state index contributed by atoms with van der Waals surface area (Å²) in [6.45, 7) is 1.72. The summed E-state index contributed by atoms with van der Waals surface area (Å²) in [5, 5.41) is 12.4. The van der Waals surface area contributed by atoms with Crippen LogP contribution in [-0.2, 0) is 9.59 Å². The van der Waals surface area contributed by atoms with Gasteiger partial charge in [0, 0.05) is 5.92 Å². The highest BCUT2D eigenvalue weighted by molar-refractivity contribution is 6.42. The van der Waals surface area contributed by atoms with Crippen molar-refractivity contribution in [2.75, 3.05) is 0 Å². The lowest BCUT2D eigenvalue weighted by Gasteiger charge is -2.12. The highest BCUT2D eigenvalue weighted by Gasteiger charge is 2.45. The summed E-state index contributed by atoms with van der Waals surface area (Å²) in [5.41, 5.74) is 0.850. The molecule has 0 aliphatic heterocycles. The fourth-order valence-corrected chi connectivity index (χ4v) is 2.70. The number of nitrogens with one attached hydrogen (secondary N) is 1. The third-order valence-electron chi connectivity index (χ3n) is 3.53. The number of hydrogen-bond donors (Lipinski definition) is 2. The van der Waals surface area contributed by atoms with Gasteiger partial charge in [0.15, 0.2) is 0 Å². The van der Waals surface area contributed by atoms with Gasteiger partial charge >= 0.3 is 5.97 Å². The standard InChI is InChI=1S/C14H15Cl2NO3/c1-2-11(14(19)20)17-13(18)9-6-8(9)7-4-3-5-10(15)12(7)16/h3-5,8-9,11H,2,6H2,1H3,(H,17,18)(H,19,20). The van der Waals surface area contributed by atoms with E-state index < -0.39 is 12.0 Å². The molecule has 3 unspecified atom stereocenters. The number of hydrogen-bond acceptors (Lipinski definition) is 2. The molecule has 6 heteroatoms. The molecule has 0 radical (unpaired) electrons. The van der Waals surface area contributed by atoms with Crippen LogP contribution in [0.5, 0.6) is 0 Å². The molecule has 3 atom stereocenters. The number of carbonyl (C=O) groups is 2. The zero-order valence-corrected chi connectivity index (χ0v) is 12.4. The smallest absolute Gasteiger partial charge is 0.326 e. The predicted octanol–water partition coefficient (Wildman–Crippen LogP) is 3.08. The van der Waals surface area contributed by atoms with E-state index in [0.29, 0.717) is 22.9 Å². The Hall–Kier alpha value is -1.26. The average molecular weight is 316 g/mol. The SMILES string of the molecule is CCC(NC(=O)C1CC1c1cccc(Cl)c1Cl)C(=O)O. The maximum Gasteiger partial charge on any atom is 0.326 e. The Bertz CT molecular complexity index is 547. The van der Waals surface area contributed by atoms with Crippen LogP contribution in [0.4, 0.5) is 0 Å². The van der Waals surface area contributed by atoms with E-state index >= 15 is 0 Å². The maximum absolute atomic E-state index is 12.0. The van der Waals surface area contributed by atoms with Gasteiger partial charge in [0.2, 0.25) is 5.91 Å². The van der Waals surface area contributed by atoms with Gasteiger partial charge in [-0.1, -0.05) is 42.3 Å². The molecule has 0 heterocycles. The summed E-state index contributed by atoms with van der Waals surface area (Å²) < 4.78 is 0. The molecule has 0 bridgehead atoms. The lowest BCUT2D eigenvalue weighted by molar-refractivity contribution is -0.142. The number of carboxylic acid groups (broad SMARTS) is 1. The van der Waals surface area contributed by atoms with Crippen molar-refractivity contribution in [3.8, 4) is 0 Å². The van der Waals surface area contributed by atoms with Gasteiger partial charge in [-0.3, -0.25) is 4.79 Å². The Labute approximate surface area is 127 Å². The van der Waals surface area contributed by atoms with Crippen LogP contribution in [0, 0.1) is 5.92 Å². The third kappa shape index (κ3) is 3.07. The molecule has 2 rings (SSSR count). The van der Waals surface area contributed by atoms with E-state index in [1.165, 1.54) is 0 Å². The summed E-state index contributed by atoms with van der Waals surface area (Å²) in [7, 11) is 0. The highest BCUT2D eigenvalue weighted by atomic mass is 35.5. The first-order valence-corrected chi connectivity index (χ1v) is 7.18. The van der Waals surface area contributed by atoms with E-state index in [9.17, 15) is 9.59 Å². The number of benzene rings is 1. The summed E-state index contributed by atoms with van der Waals surface area (Å²) in [6.07, 6.45) is 1.03. The molecular formula is C14H15Cl2NO3. The predicted molar refractivity (Wildman–Crippen MR) is 77.2 cm³/mol. The van der Waals surface area contributed by atoms with E-state index in [-0.39, 0.29) is 17.7 Å². The van der Waals surface area contributed by atoms with Crippen molar-refractivity contribution in [1.82, 2.24) is 5.32 Å². The normalized spacial score (nSPS) is 22.1. The third-order valence-corrected chi connectivity index (χ3v) is 4.36. The molecule has 4 nitrogen and oxygen atoms in total. The van der Waals surface area contributed by atoms with Crippen LogP contribution in [0.3, 0.4) is 0 Å². The Morgan fingerprint density at radius 3 is 2.75 bits per heavy atom.